The van der Waals surface area contributed by atoms with Crippen LogP contribution in [0.15, 0.2) is 35.8 Å². The number of urea groups is 1. The number of carbonyl (C=O) groups is 1. The summed E-state index contributed by atoms with van der Waals surface area (Å²) in [4.78, 5) is 17.2. The van der Waals surface area contributed by atoms with E-state index >= 15 is 0 Å². The first-order valence-electron chi connectivity index (χ1n) is 7.06. The summed E-state index contributed by atoms with van der Waals surface area (Å²) in [6.45, 7) is 6.61. The van der Waals surface area contributed by atoms with Gasteiger partial charge in [-0.3, -0.25) is 0 Å². The molecule has 0 spiro atoms. The molecule has 0 aliphatic carbocycles. The Morgan fingerprint density at radius 2 is 2.00 bits per heavy atom. The lowest BCUT2D eigenvalue weighted by Crippen LogP contribution is -2.42. The van der Waals surface area contributed by atoms with Crippen LogP contribution in [0.25, 0.3) is 0 Å². The van der Waals surface area contributed by atoms with Crippen molar-refractivity contribution in [1.82, 2.24) is 15.6 Å². The zero-order chi connectivity index (χ0) is 15.2. The van der Waals surface area contributed by atoms with E-state index in [-0.39, 0.29) is 18.0 Å². The fourth-order valence-electron chi connectivity index (χ4n) is 2.08. The van der Waals surface area contributed by atoms with Crippen molar-refractivity contribution < 1.29 is 4.79 Å². The third-order valence-electron chi connectivity index (χ3n) is 3.69. The third kappa shape index (κ3) is 4.29. The smallest absolute Gasteiger partial charge is 0.315 e. The molecular formula is C16H21N3OS. The number of carbonyl (C=O) groups excluding carboxylic acids is 1. The molecule has 2 N–H and O–H groups in total. The fraction of sp³-hybridized carbons (Fsp3) is 0.375. The molecule has 2 aromatic rings. The number of rotatable bonds is 5. The lowest BCUT2D eigenvalue weighted by atomic mass is 9.95. The van der Waals surface area contributed by atoms with Gasteiger partial charge in [0.15, 0.2) is 0 Å². The standard InChI is InChI=1S/C16H21N3OS/c1-11(14-7-5-4-6-8-14)12(2)19-16(20)17-9-15-13(3)18-10-21-15/h4-8,10-12H,9H2,1-3H3,(H2,17,19,20). The van der Waals surface area contributed by atoms with Crippen molar-refractivity contribution in [3.63, 3.8) is 0 Å². The highest BCUT2D eigenvalue weighted by Gasteiger charge is 2.16. The van der Waals surface area contributed by atoms with Gasteiger partial charge in [0.25, 0.3) is 0 Å². The predicted octanol–water partition coefficient (Wildman–Crippen LogP) is 3.44. The minimum atomic E-state index is -0.141. The van der Waals surface area contributed by atoms with Crippen molar-refractivity contribution in [3.8, 4) is 0 Å². The summed E-state index contributed by atoms with van der Waals surface area (Å²) >= 11 is 1.56. The molecule has 2 atom stereocenters. The van der Waals surface area contributed by atoms with Gasteiger partial charge in [-0.1, -0.05) is 37.3 Å². The minimum absolute atomic E-state index is 0.0648. The first kappa shape index (κ1) is 15.5. The fourth-order valence-corrected chi connectivity index (χ4v) is 2.80. The van der Waals surface area contributed by atoms with Crippen LogP contribution in [0.1, 0.15) is 35.9 Å². The van der Waals surface area contributed by atoms with Crippen LogP contribution in [0.3, 0.4) is 0 Å². The summed E-state index contributed by atoms with van der Waals surface area (Å²) in [6, 6.07) is 10.1. The molecule has 0 bridgehead atoms. The van der Waals surface area contributed by atoms with Crippen molar-refractivity contribution in [2.45, 2.75) is 39.3 Å². The molecule has 0 aliphatic rings. The average Bonchev–Trinajstić information content (AvgIpc) is 2.90. The van der Waals surface area contributed by atoms with E-state index < -0.39 is 0 Å². The third-order valence-corrected chi connectivity index (χ3v) is 4.62. The molecule has 1 aromatic heterocycles. The summed E-state index contributed by atoms with van der Waals surface area (Å²) in [7, 11) is 0. The Hall–Kier alpha value is -1.88. The Balaban J connectivity index is 1.83. The van der Waals surface area contributed by atoms with Crippen molar-refractivity contribution in [2.24, 2.45) is 0 Å². The average molecular weight is 303 g/mol. The van der Waals surface area contributed by atoms with Crippen LogP contribution in [0.2, 0.25) is 0 Å². The van der Waals surface area contributed by atoms with E-state index in [2.05, 4.69) is 34.7 Å². The second kappa shape index (κ2) is 7.22. The van der Waals surface area contributed by atoms with Crippen LogP contribution in [0.4, 0.5) is 4.79 Å². The highest BCUT2D eigenvalue weighted by Crippen LogP contribution is 2.18. The Morgan fingerprint density at radius 3 is 2.62 bits per heavy atom. The molecule has 2 amide bonds. The first-order chi connectivity index (χ1) is 10.1. The summed E-state index contributed by atoms with van der Waals surface area (Å²) in [5.74, 6) is 0.266. The van der Waals surface area contributed by atoms with E-state index in [1.54, 1.807) is 16.8 Å². The highest BCUT2D eigenvalue weighted by molar-refractivity contribution is 7.09. The number of hydrogen-bond acceptors (Lipinski definition) is 3. The van der Waals surface area contributed by atoms with Gasteiger partial charge in [-0.05, 0) is 19.4 Å². The molecule has 5 heteroatoms. The summed E-state index contributed by atoms with van der Waals surface area (Å²) in [5, 5.41) is 5.88. The number of hydrogen-bond donors (Lipinski definition) is 2. The molecule has 2 rings (SSSR count). The summed E-state index contributed by atoms with van der Waals surface area (Å²) in [6.07, 6.45) is 0. The second-order valence-corrected chi connectivity index (χ2v) is 6.12. The van der Waals surface area contributed by atoms with Gasteiger partial charge in [0.2, 0.25) is 0 Å². The SMILES string of the molecule is Cc1ncsc1CNC(=O)NC(C)C(C)c1ccccc1. The Kier molecular flexibility index (Phi) is 5.33. The number of amides is 2. The monoisotopic (exact) mass is 303 g/mol. The lowest BCUT2D eigenvalue weighted by molar-refractivity contribution is 0.236. The zero-order valence-corrected chi connectivity index (χ0v) is 13.4. The van der Waals surface area contributed by atoms with Crippen LogP contribution in [-0.4, -0.2) is 17.1 Å². The van der Waals surface area contributed by atoms with E-state index in [4.69, 9.17) is 0 Å². The molecule has 1 aromatic carbocycles. The number of aryl methyl sites for hydroxylation is 1. The number of thiazole rings is 1. The molecule has 0 saturated heterocycles. The lowest BCUT2D eigenvalue weighted by Gasteiger charge is -2.22. The molecule has 0 saturated carbocycles. The number of nitrogens with zero attached hydrogens (tertiary/aromatic N) is 1. The molecule has 0 radical (unpaired) electrons. The minimum Gasteiger partial charge on any atom is -0.335 e. The predicted molar refractivity (Wildman–Crippen MR) is 86.5 cm³/mol. The van der Waals surface area contributed by atoms with Gasteiger partial charge in [0, 0.05) is 16.8 Å². The van der Waals surface area contributed by atoms with Gasteiger partial charge in [-0.2, -0.15) is 0 Å². The van der Waals surface area contributed by atoms with Gasteiger partial charge >= 0.3 is 6.03 Å². The van der Waals surface area contributed by atoms with E-state index in [0.29, 0.717) is 6.54 Å². The van der Waals surface area contributed by atoms with E-state index in [1.807, 2.05) is 32.0 Å². The summed E-state index contributed by atoms with van der Waals surface area (Å²) in [5.41, 5.74) is 4.00. The quantitative estimate of drug-likeness (QED) is 0.889. The van der Waals surface area contributed by atoms with Gasteiger partial charge in [0.1, 0.15) is 0 Å². The van der Waals surface area contributed by atoms with Crippen molar-refractivity contribution in [2.75, 3.05) is 0 Å². The van der Waals surface area contributed by atoms with Crippen LogP contribution < -0.4 is 10.6 Å². The second-order valence-electron chi connectivity index (χ2n) is 5.18. The molecule has 0 aliphatic heterocycles. The molecule has 2 unspecified atom stereocenters. The number of benzene rings is 1. The molecule has 21 heavy (non-hydrogen) atoms. The Bertz CT molecular complexity index is 582. The molecular weight excluding hydrogens is 282 g/mol. The van der Waals surface area contributed by atoms with Crippen LogP contribution in [0, 0.1) is 6.92 Å². The molecule has 0 fully saturated rings. The Labute approximate surface area is 129 Å². The van der Waals surface area contributed by atoms with Crippen LogP contribution >= 0.6 is 11.3 Å². The maximum Gasteiger partial charge on any atom is 0.315 e. The van der Waals surface area contributed by atoms with Crippen molar-refractivity contribution in [1.29, 1.82) is 0 Å². The van der Waals surface area contributed by atoms with Gasteiger partial charge in [-0.15, -0.1) is 11.3 Å². The van der Waals surface area contributed by atoms with Gasteiger partial charge in [-0.25, -0.2) is 9.78 Å². The topological polar surface area (TPSA) is 54.0 Å². The van der Waals surface area contributed by atoms with Crippen molar-refractivity contribution >= 4 is 17.4 Å². The summed E-state index contributed by atoms with van der Waals surface area (Å²) < 4.78 is 0. The first-order valence-corrected chi connectivity index (χ1v) is 7.94. The van der Waals surface area contributed by atoms with Crippen LogP contribution in [0.5, 0.6) is 0 Å². The van der Waals surface area contributed by atoms with Crippen molar-refractivity contribution in [3.05, 3.63) is 52.0 Å². The van der Waals surface area contributed by atoms with Gasteiger partial charge in [0.05, 0.1) is 17.7 Å². The molecule has 112 valence electrons. The highest BCUT2D eigenvalue weighted by atomic mass is 32.1. The maximum atomic E-state index is 12.0. The Morgan fingerprint density at radius 1 is 1.29 bits per heavy atom. The van der Waals surface area contributed by atoms with E-state index in [9.17, 15) is 4.79 Å². The zero-order valence-electron chi connectivity index (χ0n) is 12.6. The normalized spacial score (nSPS) is 13.5. The molecule has 1 heterocycles. The molecule has 4 nitrogen and oxygen atoms in total. The maximum absolute atomic E-state index is 12.0. The van der Waals surface area contributed by atoms with Crippen LogP contribution in [-0.2, 0) is 6.54 Å². The van der Waals surface area contributed by atoms with E-state index in [1.165, 1.54) is 5.56 Å². The number of aromatic nitrogens is 1. The van der Waals surface area contributed by atoms with Gasteiger partial charge < -0.3 is 10.6 Å². The van der Waals surface area contributed by atoms with E-state index in [0.717, 1.165) is 10.6 Å². The largest absolute Gasteiger partial charge is 0.335 e. The number of nitrogens with one attached hydrogen (secondary N) is 2.